The van der Waals surface area contributed by atoms with Crippen LogP contribution in [0.25, 0.3) is 11.0 Å². The molecule has 4 heterocycles. The van der Waals surface area contributed by atoms with Crippen molar-refractivity contribution < 1.29 is 32.7 Å². The summed E-state index contributed by atoms with van der Waals surface area (Å²) >= 11 is 3.42. The van der Waals surface area contributed by atoms with E-state index in [0.29, 0.717) is 33.1 Å². The summed E-state index contributed by atoms with van der Waals surface area (Å²) in [7, 11) is 1.30. The Morgan fingerprint density at radius 2 is 1.97 bits per heavy atom. The quantitative estimate of drug-likeness (QED) is 0.433. The van der Waals surface area contributed by atoms with Gasteiger partial charge in [0.1, 0.15) is 11.3 Å². The maximum absolute atomic E-state index is 14.8. The van der Waals surface area contributed by atoms with E-state index < -0.39 is 29.2 Å². The van der Waals surface area contributed by atoms with Gasteiger partial charge in [0.05, 0.1) is 29.3 Å². The average molecular weight is 543 g/mol. The Bertz CT molecular complexity index is 1520. The van der Waals surface area contributed by atoms with Crippen LogP contribution >= 0.6 is 15.9 Å². The Balaban J connectivity index is 1.44. The molecule has 0 aliphatic carbocycles. The molecule has 6 rings (SSSR count). The number of halogens is 2. The summed E-state index contributed by atoms with van der Waals surface area (Å²) in [5.74, 6) is -2.40. The molecule has 10 nitrogen and oxygen atoms in total. The highest BCUT2D eigenvalue weighted by Crippen LogP contribution is 2.40. The number of imide groups is 1. The second kappa shape index (κ2) is 7.28. The van der Waals surface area contributed by atoms with Crippen LogP contribution in [0.5, 0.6) is 5.75 Å². The van der Waals surface area contributed by atoms with Gasteiger partial charge in [0.25, 0.3) is 17.7 Å². The largest absolute Gasteiger partial charge is 0.494 e. The molecule has 1 atom stereocenters. The highest BCUT2D eigenvalue weighted by atomic mass is 79.9. The van der Waals surface area contributed by atoms with Gasteiger partial charge in [0, 0.05) is 18.5 Å². The molecule has 3 aliphatic rings. The minimum Gasteiger partial charge on any atom is -0.494 e. The van der Waals surface area contributed by atoms with Crippen molar-refractivity contribution in [3.8, 4) is 5.75 Å². The van der Waals surface area contributed by atoms with Crippen LogP contribution < -0.4 is 20.7 Å². The zero-order valence-electron chi connectivity index (χ0n) is 18.1. The van der Waals surface area contributed by atoms with Crippen molar-refractivity contribution >= 4 is 50.7 Å². The van der Waals surface area contributed by atoms with Crippen LogP contribution in [0.1, 0.15) is 37.6 Å². The molecule has 12 heteroatoms. The number of fused-ring (bicyclic) bond motifs is 3. The van der Waals surface area contributed by atoms with Crippen LogP contribution in [0.15, 0.2) is 33.2 Å². The van der Waals surface area contributed by atoms with Gasteiger partial charge in [-0.1, -0.05) is 6.07 Å². The fourth-order valence-electron chi connectivity index (χ4n) is 4.88. The van der Waals surface area contributed by atoms with Gasteiger partial charge in [-0.05, 0) is 45.3 Å². The van der Waals surface area contributed by atoms with Crippen molar-refractivity contribution in [1.82, 2.24) is 20.9 Å². The average Bonchev–Trinajstić information content (AvgIpc) is 3.55. The monoisotopic (exact) mass is 542 g/mol. The third-order valence-electron chi connectivity index (χ3n) is 6.56. The first-order valence-electron chi connectivity index (χ1n) is 10.6. The summed E-state index contributed by atoms with van der Waals surface area (Å²) in [6.45, 7) is 0.0665. The standard InChI is InChI=1S/C23H16BrFN4O6/c1-34-12-3-2-9-7-29(20(31)15(9)17(12)25)8-23(21(32)27-22(33)28-23)13-5-10-4-11-6-26-19(30)14(11)16(24)18(10)35-13/h2-5H,6-8H2,1H3,(H,26,30)(H2,27,28,32,33). The molecule has 35 heavy (non-hydrogen) atoms. The molecule has 2 aromatic carbocycles. The van der Waals surface area contributed by atoms with Gasteiger partial charge >= 0.3 is 6.03 Å². The van der Waals surface area contributed by atoms with E-state index in [1.807, 2.05) is 0 Å². The Hall–Kier alpha value is -3.93. The Morgan fingerprint density at radius 1 is 1.17 bits per heavy atom. The summed E-state index contributed by atoms with van der Waals surface area (Å²) in [6.07, 6.45) is 0. The van der Waals surface area contributed by atoms with E-state index in [9.17, 15) is 23.6 Å². The second-order valence-corrected chi connectivity index (χ2v) is 9.32. The first-order valence-corrected chi connectivity index (χ1v) is 11.3. The van der Waals surface area contributed by atoms with Crippen LogP contribution in [-0.4, -0.2) is 42.3 Å². The Morgan fingerprint density at radius 3 is 2.69 bits per heavy atom. The molecule has 0 bridgehead atoms. The topological polar surface area (TPSA) is 130 Å². The minimum atomic E-state index is -1.76. The van der Waals surface area contributed by atoms with Gasteiger partial charge in [0.15, 0.2) is 17.1 Å². The molecular formula is C23H16BrFN4O6. The van der Waals surface area contributed by atoms with Crippen molar-refractivity contribution in [2.75, 3.05) is 13.7 Å². The molecular weight excluding hydrogens is 527 g/mol. The van der Waals surface area contributed by atoms with Gasteiger partial charge in [-0.25, -0.2) is 9.18 Å². The van der Waals surface area contributed by atoms with E-state index in [2.05, 4.69) is 31.9 Å². The van der Waals surface area contributed by atoms with Crippen molar-refractivity contribution in [1.29, 1.82) is 0 Å². The van der Waals surface area contributed by atoms with E-state index in [-0.39, 0.29) is 36.1 Å². The van der Waals surface area contributed by atoms with Gasteiger partial charge in [-0.2, -0.15) is 0 Å². The number of nitrogens with zero attached hydrogens (tertiary/aromatic N) is 1. The molecule has 3 aliphatic heterocycles. The van der Waals surface area contributed by atoms with Crippen LogP contribution in [0.3, 0.4) is 0 Å². The number of hydrogen-bond donors (Lipinski definition) is 3. The number of urea groups is 1. The Kier molecular flexibility index (Phi) is 4.49. The van der Waals surface area contributed by atoms with Crippen molar-refractivity contribution in [2.45, 2.75) is 18.6 Å². The third-order valence-corrected chi connectivity index (χ3v) is 7.32. The first kappa shape index (κ1) is 21.6. The summed E-state index contributed by atoms with van der Waals surface area (Å²) in [4.78, 5) is 51.9. The molecule has 0 saturated carbocycles. The molecule has 1 fully saturated rings. The number of ether oxygens (including phenoxy) is 1. The van der Waals surface area contributed by atoms with Gasteiger partial charge in [-0.15, -0.1) is 0 Å². The highest BCUT2D eigenvalue weighted by Gasteiger charge is 2.53. The van der Waals surface area contributed by atoms with Crippen molar-refractivity contribution in [3.05, 3.63) is 62.6 Å². The molecule has 1 saturated heterocycles. The maximum Gasteiger partial charge on any atom is 0.322 e. The lowest BCUT2D eigenvalue weighted by Gasteiger charge is -2.29. The lowest BCUT2D eigenvalue weighted by molar-refractivity contribution is -0.125. The minimum absolute atomic E-state index is 0.0262. The SMILES string of the molecule is COc1ccc2c(c1F)C(=O)N(CC1(c3cc4cc5c(c(Br)c4o3)C(=O)NC5)NC(=O)NC1=O)C2. The summed E-state index contributed by atoms with van der Waals surface area (Å²) < 4.78 is 26.2. The zero-order chi connectivity index (χ0) is 24.6. The van der Waals surface area contributed by atoms with Crippen LogP contribution in [-0.2, 0) is 23.4 Å². The van der Waals surface area contributed by atoms with E-state index in [1.54, 1.807) is 18.2 Å². The number of methoxy groups -OCH3 is 1. The van der Waals surface area contributed by atoms with Crippen molar-refractivity contribution in [3.63, 3.8) is 0 Å². The predicted molar refractivity (Wildman–Crippen MR) is 121 cm³/mol. The molecule has 178 valence electrons. The first-order chi connectivity index (χ1) is 16.7. The second-order valence-electron chi connectivity index (χ2n) is 8.53. The summed E-state index contributed by atoms with van der Waals surface area (Å²) in [6, 6.07) is 5.61. The number of carbonyl (C=O) groups is 4. The lowest BCUT2D eigenvalue weighted by atomic mass is 9.95. The van der Waals surface area contributed by atoms with Gasteiger partial charge in [0.2, 0.25) is 0 Å². The third kappa shape index (κ3) is 2.92. The summed E-state index contributed by atoms with van der Waals surface area (Å²) in [5, 5.41) is 8.13. The van der Waals surface area contributed by atoms with Gasteiger partial charge in [-0.3, -0.25) is 19.7 Å². The summed E-state index contributed by atoms with van der Waals surface area (Å²) in [5.41, 5.74) is 0.0331. The number of benzene rings is 2. The number of nitrogens with one attached hydrogen (secondary N) is 3. The normalized spacial score (nSPS) is 20.7. The van der Waals surface area contributed by atoms with Gasteiger partial charge < -0.3 is 24.7 Å². The Labute approximate surface area is 204 Å². The van der Waals surface area contributed by atoms with Crippen LogP contribution in [0, 0.1) is 5.82 Å². The van der Waals surface area contributed by atoms with Crippen LogP contribution in [0.2, 0.25) is 0 Å². The van der Waals surface area contributed by atoms with E-state index >= 15 is 0 Å². The number of hydrogen-bond acceptors (Lipinski definition) is 6. The molecule has 3 aromatic rings. The molecule has 0 radical (unpaired) electrons. The van der Waals surface area contributed by atoms with E-state index in [1.165, 1.54) is 18.1 Å². The number of amides is 5. The van der Waals surface area contributed by atoms with Crippen LogP contribution in [0.4, 0.5) is 9.18 Å². The lowest BCUT2D eigenvalue weighted by Crippen LogP contribution is -2.52. The molecule has 0 spiro atoms. The van der Waals surface area contributed by atoms with E-state index in [4.69, 9.17) is 9.15 Å². The number of carbonyl (C=O) groups excluding carboxylic acids is 4. The zero-order valence-corrected chi connectivity index (χ0v) is 19.7. The molecule has 5 amide bonds. The predicted octanol–water partition coefficient (Wildman–Crippen LogP) is 2.28. The van der Waals surface area contributed by atoms with E-state index in [0.717, 1.165) is 5.56 Å². The smallest absolute Gasteiger partial charge is 0.322 e. The van der Waals surface area contributed by atoms with Crippen molar-refractivity contribution in [2.24, 2.45) is 0 Å². The molecule has 1 aromatic heterocycles. The fraction of sp³-hybridized carbons (Fsp3) is 0.217. The molecule has 1 unspecified atom stereocenters. The number of rotatable bonds is 4. The number of furan rings is 1. The fourth-order valence-corrected chi connectivity index (χ4v) is 5.62. The maximum atomic E-state index is 14.8. The molecule has 3 N–H and O–H groups in total. The highest BCUT2D eigenvalue weighted by molar-refractivity contribution is 9.10.